The highest BCUT2D eigenvalue weighted by Crippen LogP contribution is 2.45. The van der Waals surface area contributed by atoms with Crippen LogP contribution in [0.4, 0.5) is 5.69 Å². The van der Waals surface area contributed by atoms with Crippen LogP contribution in [0.25, 0.3) is 0 Å². The van der Waals surface area contributed by atoms with Gasteiger partial charge in [-0.1, -0.05) is 20.8 Å². The summed E-state index contributed by atoms with van der Waals surface area (Å²) in [6.45, 7) is 6.10. The molecule has 0 bridgehead atoms. The van der Waals surface area contributed by atoms with Crippen LogP contribution in [-0.4, -0.2) is 22.1 Å². The minimum Gasteiger partial charge on any atom is -0.481 e. The summed E-state index contributed by atoms with van der Waals surface area (Å²) in [5, 5.41) is 21.9. The summed E-state index contributed by atoms with van der Waals surface area (Å²) in [7, 11) is 0. The molecule has 0 amide bonds. The third-order valence-electron chi connectivity index (χ3n) is 4.99. The summed E-state index contributed by atoms with van der Waals surface area (Å²) in [6, 6.07) is 5.86. The Balaban J connectivity index is 2.20. The Labute approximate surface area is 125 Å². The zero-order valence-electron chi connectivity index (χ0n) is 12.6. The molecule has 0 aromatic carbocycles. The summed E-state index contributed by atoms with van der Waals surface area (Å²) < 4.78 is 0. The lowest BCUT2D eigenvalue weighted by Crippen LogP contribution is -2.48. The molecule has 3 atom stereocenters. The van der Waals surface area contributed by atoms with Crippen LogP contribution in [0.1, 0.15) is 39.3 Å². The molecular formula is C16H21N3O2. The van der Waals surface area contributed by atoms with Gasteiger partial charge in [0.05, 0.1) is 11.6 Å². The molecule has 0 aliphatic heterocycles. The molecule has 1 aliphatic rings. The van der Waals surface area contributed by atoms with Crippen molar-refractivity contribution < 1.29 is 9.90 Å². The van der Waals surface area contributed by atoms with Crippen molar-refractivity contribution in [2.75, 3.05) is 5.32 Å². The molecule has 0 saturated heterocycles. The Morgan fingerprint density at radius 3 is 2.86 bits per heavy atom. The van der Waals surface area contributed by atoms with Gasteiger partial charge in [-0.05, 0) is 36.3 Å². The van der Waals surface area contributed by atoms with Crippen LogP contribution in [0.2, 0.25) is 0 Å². The molecule has 1 aromatic rings. The standard InChI is InChI=1S/C16H21N3O2/c1-10-12(7-6-11(15(20)21)16(10,2)3)19-13-5-4-8-18-14(13)9-17/h4-5,8,10-12,19H,6-7H2,1-3H3,(H,20,21). The number of nitrogens with one attached hydrogen (secondary N) is 1. The lowest BCUT2D eigenvalue weighted by molar-refractivity contribution is -0.149. The van der Waals surface area contributed by atoms with Crippen LogP contribution in [0.3, 0.4) is 0 Å². The fourth-order valence-electron chi connectivity index (χ4n) is 3.25. The maximum absolute atomic E-state index is 11.4. The summed E-state index contributed by atoms with van der Waals surface area (Å²) in [5.74, 6) is -0.863. The number of nitrogens with zero attached hydrogens (tertiary/aromatic N) is 2. The van der Waals surface area contributed by atoms with E-state index in [-0.39, 0.29) is 23.3 Å². The number of carboxylic acid groups (broad SMARTS) is 1. The molecule has 1 heterocycles. The number of hydrogen-bond donors (Lipinski definition) is 2. The second kappa shape index (κ2) is 5.72. The van der Waals surface area contributed by atoms with Crippen molar-refractivity contribution in [2.45, 2.75) is 39.7 Å². The number of rotatable bonds is 3. The molecule has 0 spiro atoms. The van der Waals surface area contributed by atoms with E-state index in [0.29, 0.717) is 12.1 Å². The van der Waals surface area contributed by atoms with Crippen LogP contribution in [0.15, 0.2) is 18.3 Å². The molecular weight excluding hydrogens is 266 g/mol. The third kappa shape index (κ3) is 2.85. The quantitative estimate of drug-likeness (QED) is 0.892. The van der Waals surface area contributed by atoms with Gasteiger partial charge in [0.2, 0.25) is 0 Å². The van der Waals surface area contributed by atoms with Crippen molar-refractivity contribution >= 4 is 11.7 Å². The average Bonchev–Trinajstić information content (AvgIpc) is 2.44. The van der Waals surface area contributed by atoms with Crippen LogP contribution in [0.5, 0.6) is 0 Å². The molecule has 1 fully saturated rings. The number of aliphatic carboxylic acids is 1. The zero-order valence-corrected chi connectivity index (χ0v) is 12.6. The van der Waals surface area contributed by atoms with Crippen molar-refractivity contribution in [3.8, 4) is 6.07 Å². The molecule has 112 valence electrons. The van der Waals surface area contributed by atoms with E-state index in [9.17, 15) is 9.90 Å². The van der Waals surface area contributed by atoms with Gasteiger partial charge in [0.25, 0.3) is 0 Å². The van der Waals surface area contributed by atoms with Crippen molar-refractivity contribution in [3.63, 3.8) is 0 Å². The van der Waals surface area contributed by atoms with Crippen LogP contribution < -0.4 is 5.32 Å². The Kier molecular flexibility index (Phi) is 4.17. The van der Waals surface area contributed by atoms with E-state index < -0.39 is 5.97 Å². The number of nitriles is 1. The summed E-state index contributed by atoms with van der Waals surface area (Å²) in [5.41, 5.74) is 0.806. The number of carbonyl (C=O) groups is 1. The van der Waals surface area contributed by atoms with E-state index in [2.05, 4.69) is 23.3 Å². The summed E-state index contributed by atoms with van der Waals surface area (Å²) in [4.78, 5) is 15.5. The van der Waals surface area contributed by atoms with Crippen LogP contribution in [0, 0.1) is 28.6 Å². The van der Waals surface area contributed by atoms with E-state index in [1.807, 2.05) is 19.9 Å². The predicted molar refractivity (Wildman–Crippen MR) is 79.7 cm³/mol. The second-order valence-corrected chi connectivity index (χ2v) is 6.34. The molecule has 1 aliphatic carbocycles. The minimum atomic E-state index is -0.718. The first kappa shape index (κ1) is 15.3. The van der Waals surface area contributed by atoms with E-state index in [1.165, 1.54) is 0 Å². The number of anilines is 1. The summed E-state index contributed by atoms with van der Waals surface area (Å²) in [6.07, 6.45) is 3.02. The Morgan fingerprint density at radius 2 is 2.24 bits per heavy atom. The molecule has 2 N–H and O–H groups in total. The highest BCUT2D eigenvalue weighted by atomic mass is 16.4. The van der Waals surface area contributed by atoms with E-state index in [4.69, 9.17) is 5.26 Å². The fourth-order valence-corrected chi connectivity index (χ4v) is 3.25. The van der Waals surface area contributed by atoms with Gasteiger partial charge in [-0.15, -0.1) is 0 Å². The van der Waals surface area contributed by atoms with E-state index in [1.54, 1.807) is 12.3 Å². The largest absolute Gasteiger partial charge is 0.481 e. The molecule has 5 heteroatoms. The van der Waals surface area contributed by atoms with Gasteiger partial charge in [-0.3, -0.25) is 4.79 Å². The first-order valence-corrected chi connectivity index (χ1v) is 7.22. The number of hydrogen-bond acceptors (Lipinski definition) is 4. The van der Waals surface area contributed by atoms with Gasteiger partial charge in [-0.2, -0.15) is 5.26 Å². The first-order valence-electron chi connectivity index (χ1n) is 7.22. The summed E-state index contributed by atoms with van der Waals surface area (Å²) >= 11 is 0. The third-order valence-corrected chi connectivity index (χ3v) is 4.99. The van der Waals surface area contributed by atoms with Gasteiger partial charge in [0, 0.05) is 12.2 Å². The molecule has 1 saturated carbocycles. The molecule has 3 unspecified atom stereocenters. The van der Waals surface area contributed by atoms with Gasteiger partial charge < -0.3 is 10.4 Å². The Hall–Kier alpha value is -2.09. The number of aromatic nitrogens is 1. The smallest absolute Gasteiger partial charge is 0.307 e. The topological polar surface area (TPSA) is 86.0 Å². The maximum Gasteiger partial charge on any atom is 0.307 e. The van der Waals surface area contributed by atoms with Crippen molar-refractivity contribution in [2.24, 2.45) is 17.3 Å². The Morgan fingerprint density at radius 1 is 1.52 bits per heavy atom. The van der Waals surface area contributed by atoms with Gasteiger partial charge >= 0.3 is 5.97 Å². The van der Waals surface area contributed by atoms with Gasteiger partial charge in [-0.25, -0.2) is 4.98 Å². The SMILES string of the molecule is CC1C(Nc2cccnc2C#N)CCC(C(=O)O)C1(C)C. The van der Waals surface area contributed by atoms with Gasteiger partial charge in [0.1, 0.15) is 6.07 Å². The monoisotopic (exact) mass is 287 g/mol. The minimum absolute atomic E-state index is 0.145. The first-order chi connectivity index (χ1) is 9.87. The van der Waals surface area contributed by atoms with Gasteiger partial charge in [0.15, 0.2) is 5.69 Å². The normalized spacial score (nSPS) is 27.6. The van der Waals surface area contributed by atoms with Crippen LogP contribution >= 0.6 is 0 Å². The molecule has 5 nitrogen and oxygen atoms in total. The second-order valence-electron chi connectivity index (χ2n) is 6.34. The molecule has 1 aromatic heterocycles. The average molecular weight is 287 g/mol. The Bertz CT molecular complexity index is 577. The van der Waals surface area contributed by atoms with Crippen molar-refractivity contribution in [1.82, 2.24) is 4.98 Å². The number of carboxylic acids is 1. The molecule has 21 heavy (non-hydrogen) atoms. The van der Waals surface area contributed by atoms with Crippen molar-refractivity contribution in [1.29, 1.82) is 5.26 Å². The van der Waals surface area contributed by atoms with Crippen LogP contribution in [-0.2, 0) is 4.79 Å². The molecule has 2 rings (SSSR count). The van der Waals surface area contributed by atoms with E-state index >= 15 is 0 Å². The lowest BCUT2D eigenvalue weighted by Gasteiger charge is -2.46. The maximum atomic E-state index is 11.4. The highest BCUT2D eigenvalue weighted by Gasteiger charge is 2.46. The van der Waals surface area contributed by atoms with Crippen molar-refractivity contribution in [3.05, 3.63) is 24.0 Å². The number of pyridine rings is 1. The predicted octanol–water partition coefficient (Wildman–Crippen LogP) is 2.89. The van der Waals surface area contributed by atoms with E-state index in [0.717, 1.165) is 12.1 Å². The zero-order chi connectivity index (χ0) is 15.6. The molecule has 0 radical (unpaired) electrons. The lowest BCUT2D eigenvalue weighted by atomic mass is 9.61. The fraction of sp³-hybridized carbons (Fsp3) is 0.562. The highest BCUT2D eigenvalue weighted by molar-refractivity contribution is 5.71.